The van der Waals surface area contributed by atoms with Crippen molar-refractivity contribution in [2.75, 3.05) is 18.6 Å². The topological polar surface area (TPSA) is 64.8 Å². The average molecular weight is 288 g/mol. The van der Waals surface area contributed by atoms with Crippen LogP contribution in [-0.4, -0.2) is 30.6 Å². The molecule has 0 aromatic carbocycles. The van der Waals surface area contributed by atoms with Crippen LogP contribution in [0.4, 0.5) is 5.69 Å². The largest absolute Gasteiger partial charge is 0.471 e. The minimum Gasteiger partial charge on any atom is -0.471 e. The number of nitrogens with zero attached hydrogens (tertiary/aromatic N) is 2. The van der Waals surface area contributed by atoms with Crippen molar-refractivity contribution in [2.24, 2.45) is 0 Å². The summed E-state index contributed by atoms with van der Waals surface area (Å²) >= 11 is 0. The second-order valence-electron chi connectivity index (χ2n) is 4.87. The monoisotopic (exact) mass is 288 g/mol. The van der Waals surface area contributed by atoms with Crippen molar-refractivity contribution in [3.05, 3.63) is 42.0 Å². The molecule has 0 bridgehead atoms. The number of carbonyl (C=O) groups excluding carboxylic acids is 1. The molecule has 1 aliphatic heterocycles. The van der Waals surface area contributed by atoms with E-state index in [9.17, 15) is 4.79 Å². The molecule has 1 amide bonds. The molecule has 0 unspecified atom stereocenters. The fourth-order valence-electron chi connectivity index (χ4n) is 2.30. The standard InChI is InChI=1S/C15H16N2O4/c1-10-8-17(12-4-3-7-16-14(12)20-10)15(18)13-6-5-11(21-13)9-19-2/h3-7,10H,8-9H2,1-2H3/t10-/m0/s1. The van der Waals surface area contributed by atoms with E-state index < -0.39 is 0 Å². The molecule has 110 valence electrons. The zero-order valence-electron chi connectivity index (χ0n) is 11.9. The molecule has 0 radical (unpaired) electrons. The smallest absolute Gasteiger partial charge is 0.294 e. The van der Waals surface area contributed by atoms with Crippen molar-refractivity contribution in [1.82, 2.24) is 4.98 Å². The fraction of sp³-hybridized carbons (Fsp3) is 0.333. The summed E-state index contributed by atoms with van der Waals surface area (Å²) in [5.74, 6) is 1.16. The Kier molecular flexibility index (Phi) is 3.62. The quantitative estimate of drug-likeness (QED) is 0.866. The van der Waals surface area contributed by atoms with Crippen LogP contribution in [-0.2, 0) is 11.3 Å². The SMILES string of the molecule is COCc1ccc(C(=O)N2C[C@H](C)Oc3ncccc32)o1. The van der Waals surface area contributed by atoms with Crippen LogP contribution in [0.25, 0.3) is 0 Å². The number of carbonyl (C=O) groups is 1. The maximum Gasteiger partial charge on any atom is 0.294 e. The maximum absolute atomic E-state index is 12.6. The number of hydrogen-bond donors (Lipinski definition) is 0. The van der Waals surface area contributed by atoms with Gasteiger partial charge in [-0.05, 0) is 31.2 Å². The molecule has 3 rings (SSSR count). The van der Waals surface area contributed by atoms with Gasteiger partial charge in [0.1, 0.15) is 24.2 Å². The number of furan rings is 1. The van der Waals surface area contributed by atoms with Gasteiger partial charge >= 0.3 is 0 Å². The van der Waals surface area contributed by atoms with Crippen LogP contribution in [0.2, 0.25) is 0 Å². The van der Waals surface area contributed by atoms with E-state index in [1.54, 1.807) is 36.4 Å². The van der Waals surface area contributed by atoms with Crippen molar-refractivity contribution >= 4 is 11.6 Å². The third kappa shape index (κ3) is 2.62. The Balaban J connectivity index is 1.90. The normalized spacial score (nSPS) is 17.2. The van der Waals surface area contributed by atoms with Crippen molar-refractivity contribution < 1.29 is 18.7 Å². The van der Waals surface area contributed by atoms with Gasteiger partial charge in [0.25, 0.3) is 5.91 Å². The Labute approximate surface area is 122 Å². The lowest BCUT2D eigenvalue weighted by Crippen LogP contribution is -2.42. The van der Waals surface area contributed by atoms with E-state index >= 15 is 0 Å². The summed E-state index contributed by atoms with van der Waals surface area (Å²) in [6.45, 7) is 2.69. The van der Waals surface area contributed by atoms with Gasteiger partial charge in [-0.1, -0.05) is 0 Å². The highest BCUT2D eigenvalue weighted by atomic mass is 16.5. The molecule has 0 aliphatic carbocycles. The zero-order chi connectivity index (χ0) is 14.8. The summed E-state index contributed by atoms with van der Waals surface area (Å²) in [5.41, 5.74) is 0.658. The molecule has 6 nitrogen and oxygen atoms in total. The van der Waals surface area contributed by atoms with Crippen molar-refractivity contribution in [1.29, 1.82) is 0 Å². The van der Waals surface area contributed by atoms with Crippen LogP contribution in [0, 0.1) is 0 Å². The van der Waals surface area contributed by atoms with E-state index in [1.165, 1.54) is 0 Å². The molecule has 6 heteroatoms. The molecule has 0 N–H and O–H groups in total. The molecule has 1 atom stereocenters. The number of pyridine rings is 1. The second kappa shape index (κ2) is 5.57. The molecule has 0 spiro atoms. The van der Waals surface area contributed by atoms with Crippen LogP contribution < -0.4 is 9.64 Å². The van der Waals surface area contributed by atoms with Gasteiger partial charge in [0.05, 0.1) is 6.54 Å². The molecule has 2 aromatic heterocycles. The number of aromatic nitrogens is 1. The highest BCUT2D eigenvalue weighted by Crippen LogP contribution is 2.32. The fourth-order valence-corrected chi connectivity index (χ4v) is 2.30. The Morgan fingerprint density at radius 3 is 3.14 bits per heavy atom. The first-order valence-electron chi connectivity index (χ1n) is 6.70. The van der Waals surface area contributed by atoms with E-state index in [2.05, 4.69) is 4.98 Å². The first-order valence-corrected chi connectivity index (χ1v) is 6.70. The molecule has 0 saturated carbocycles. The van der Waals surface area contributed by atoms with E-state index in [1.807, 2.05) is 13.0 Å². The van der Waals surface area contributed by atoms with Gasteiger partial charge in [-0.3, -0.25) is 9.69 Å². The van der Waals surface area contributed by atoms with Crippen molar-refractivity contribution in [3.8, 4) is 5.88 Å². The predicted octanol–water partition coefficient (Wildman–Crippen LogP) is 2.25. The number of hydrogen-bond acceptors (Lipinski definition) is 5. The summed E-state index contributed by atoms with van der Waals surface area (Å²) < 4.78 is 16.1. The van der Waals surface area contributed by atoms with Crippen LogP contribution in [0.1, 0.15) is 23.2 Å². The summed E-state index contributed by atoms with van der Waals surface area (Å²) in [5, 5.41) is 0. The van der Waals surface area contributed by atoms with Gasteiger partial charge in [-0.15, -0.1) is 0 Å². The van der Waals surface area contributed by atoms with Crippen LogP contribution in [0.5, 0.6) is 5.88 Å². The third-order valence-corrected chi connectivity index (χ3v) is 3.20. The lowest BCUT2D eigenvalue weighted by atomic mass is 10.2. The Morgan fingerprint density at radius 1 is 1.48 bits per heavy atom. The first kappa shape index (κ1) is 13.6. The van der Waals surface area contributed by atoms with Gasteiger partial charge in [-0.2, -0.15) is 0 Å². The van der Waals surface area contributed by atoms with Crippen LogP contribution in [0.15, 0.2) is 34.9 Å². The minimum atomic E-state index is -0.207. The average Bonchev–Trinajstić information content (AvgIpc) is 2.94. The van der Waals surface area contributed by atoms with E-state index in [0.29, 0.717) is 30.5 Å². The number of fused-ring (bicyclic) bond motifs is 1. The van der Waals surface area contributed by atoms with E-state index in [-0.39, 0.29) is 17.8 Å². The molecule has 1 aliphatic rings. The number of anilines is 1. The Hall–Kier alpha value is -2.34. The number of methoxy groups -OCH3 is 1. The molecule has 21 heavy (non-hydrogen) atoms. The molecule has 0 saturated heterocycles. The summed E-state index contributed by atoms with van der Waals surface area (Å²) in [6, 6.07) is 6.99. The maximum atomic E-state index is 12.6. The molecule has 0 fully saturated rings. The van der Waals surface area contributed by atoms with Gasteiger partial charge in [0, 0.05) is 13.3 Å². The highest BCUT2D eigenvalue weighted by Gasteiger charge is 2.30. The van der Waals surface area contributed by atoms with E-state index in [0.717, 1.165) is 0 Å². The second-order valence-corrected chi connectivity index (χ2v) is 4.87. The predicted molar refractivity (Wildman–Crippen MR) is 75.4 cm³/mol. The molecular formula is C15H16N2O4. The Morgan fingerprint density at radius 2 is 2.33 bits per heavy atom. The summed E-state index contributed by atoms with van der Waals surface area (Å²) in [4.78, 5) is 18.4. The summed E-state index contributed by atoms with van der Waals surface area (Å²) in [6.07, 6.45) is 1.52. The number of rotatable bonds is 3. The summed E-state index contributed by atoms with van der Waals surface area (Å²) in [7, 11) is 1.58. The third-order valence-electron chi connectivity index (χ3n) is 3.20. The number of ether oxygens (including phenoxy) is 2. The zero-order valence-corrected chi connectivity index (χ0v) is 11.9. The van der Waals surface area contributed by atoms with Crippen molar-refractivity contribution in [2.45, 2.75) is 19.6 Å². The van der Waals surface area contributed by atoms with Gasteiger partial charge < -0.3 is 13.9 Å². The Bertz CT molecular complexity index is 653. The minimum absolute atomic E-state index is 0.121. The lowest BCUT2D eigenvalue weighted by molar-refractivity contribution is 0.0923. The van der Waals surface area contributed by atoms with Crippen molar-refractivity contribution in [3.63, 3.8) is 0 Å². The molecule has 3 heterocycles. The van der Waals surface area contributed by atoms with Gasteiger partial charge in [0.2, 0.25) is 5.88 Å². The van der Waals surface area contributed by atoms with Crippen LogP contribution >= 0.6 is 0 Å². The first-order chi connectivity index (χ1) is 10.2. The molecule has 2 aromatic rings. The van der Waals surface area contributed by atoms with Crippen LogP contribution in [0.3, 0.4) is 0 Å². The van der Waals surface area contributed by atoms with E-state index in [4.69, 9.17) is 13.9 Å². The van der Waals surface area contributed by atoms with Gasteiger partial charge in [-0.25, -0.2) is 4.98 Å². The highest BCUT2D eigenvalue weighted by molar-refractivity contribution is 6.05. The number of amides is 1. The van der Waals surface area contributed by atoms with Gasteiger partial charge in [0.15, 0.2) is 5.76 Å². The molecular weight excluding hydrogens is 272 g/mol. The lowest BCUT2D eigenvalue weighted by Gasteiger charge is -2.31.